The molecule has 8 heteroatoms. The van der Waals surface area contributed by atoms with Crippen LogP contribution in [0.25, 0.3) is 0 Å². The van der Waals surface area contributed by atoms with Crippen molar-refractivity contribution in [2.45, 2.75) is 45.4 Å². The van der Waals surface area contributed by atoms with Gasteiger partial charge in [0, 0.05) is 38.3 Å². The number of carbonyl (C=O) groups excluding carboxylic acids is 1. The van der Waals surface area contributed by atoms with Crippen LogP contribution in [-0.2, 0) is 21.9 Å². The number of nitrogens with zero attached hydrogens (tertiary/aromatic N) is 3. The van der Waals surface area contributed by atoms with Gasteiger partial charge in [0.25, 0.3) is 0 Å². The van der Waals surface area contributed by atoms with Gasteiger partial charge in [-0.1, -0.05) is 6.07 Å². The molecule has 1 amide bonds. The van der Waals surface area contributed by atoms with Crippen molar-refractivity contribution in [1.29, 1.82) is 0 Å². The topological polar surface area (TPSA) is 84.3 Å². The van der Waals surface area contributed by atoms with Crippen molar-refractivity contribution in [2.75, 3.05) is 18.4 Å². The fourth-order valence-electron chi connectivity index (χ4n) is 3.77. The maximum Gasteiger partial charge on any atom is 0.243 e. The van der Waals surface area contributed by atoms with Crippen LogP contribution < -0.4 is 5.32 Å². The van der Waals surface area contributed by atoms with Gasteiger partial charge in [0.2, 0.25) is 15.9 Å². The van der Waals surface area contributed by atoms with Crippen molar-refractivity contribution in [2.24, 2.45) is 13.0 Å². The molecule has 0 atom stereocenters. The number of nitrogens with one attached hydrogen (secondary N) is 1. The zero-order valence-electron chi connectivity index (χ0n) is 17.1. The lowest BCUT2D eigenvalue weighted by atomic mass is 9.97. The van der Waals surface area contributed by atoms with Crippen molar-refractivity contribution in [3.63, 3.8) is 0 Å². The summed E-state index contributed by atoms with van der Waals surface area (Å²) < 4.78 is 29.8. The number of sulfonamides is 1. The van der Waals surface area contributed by atoms with Gasteiger partial charge in [-0.25, -0.2) is 8.42 Å². The highest BCUT2D eigenvalue weighted by Gasteiger charge is 2.34. The summed E-state index contributed by atoms with van der Waals surface area (Å²) >= 11 is 0. The first kappa shape index (κ1) is 20.5. The summed E-state index contributed by atoms with van der Waals surface area (Å²) in [5, 5.41) is 6.97. The van der Waals surface area contributed by atoms with Gasteiger partial charge in [0.05, 0.1) is 4.90 Å². The smallest absolute Gasteiger partial charge is 0.243 e. The molecule has 1 fully saturated rings. The molecule has 0 saturated carbocycles. The summed E-state index contributed by atoms with van der Waals surface area (Å²) in [4.78, 5) is 12.9. The number of hydrogen-bond donors (Lipinski definition) is 1. The third-order valence-corrected chi connectivity index (χ3v) is 7.86. The van der Waals surface area contributed by atoms with E-state index in [0.717, 1.165) is 22.3 Å². The minimum absolute atomic E-state index is 0.102. The van der Waals surface area contributed by atoms with E-state index >= 15 is 0 Å². The lowest BCUT2D eigenvalue weighted by Crippen LogP contribution is -2.42. The fraction of sp³-hybridized carbons (Fsp3) is 0.500. The second-order valence-electron chi connectivity index (χ2n) is 7.63. The molecule has 7 nitrogen and oxygen atoms in total. The van der Waals surface area contributed by atoms with Crippen LogP contribution in [0.4, 0.5) is 5.82 Å². The zero-order valence-corrected chi connectivity index (χ0v) is 17.9. The van der Waals surface area contributed by atoms with E-state index in [1.165, 1.54) is 4.31 Å². The Bertz CT molecular complexity index is 976. The number of aromatic nitrogens is 2. The Balaban J connectivity index is 1.73. The molecule has 0 bridgehead atoms. The summed E-state index contributed by atoms with van der Waals surface area (Å²) in [5.41, 5.74) is 3.56. The molecule has 1 aromatic heterocycles. The van der Waals surface area contributed by atoms with Crippen LogP contribution in [0.3, 0.4) is 0 Å². The van der Waals surface area contributed by atoms with Gasteiger partial charge < -0.3 is 5.32 Å². The van der Waals surface area contributed by atoms with E-state index in [9.17, 15) is 13.2 Å². The second kappa shape index (κ2) is 7.67. The summed E-state index contributed by atoms with van der Waals surface area (Å²) in [7, 11) is -1.80. The quantitative estimate of drug-likeness (QED) is 0.849. The van der Waals surface area contributed by atoms with Crippen LogP contribution in [-0.4, -0.2) is 41.5 Å². The molecular formula is C20H28N4O3S. The average Bonchev–Trinajstić information content (AvgIpc) is 3.05. The summed E-state index contributed by atoms with van der Waals surface area (Å²) in [5.74, 6) is 0.202. The van der Waals surface area contributed by atoms with E-state index in [1.54, 1.807) is 24.0 Å². The van der Waals surface area contributed by atoms with Gasteiger partial charge in [0.1, 0.15) is 0 Å². The van der Waals surface area contributed by atoms with Crippen molar-refractivity contribution in [1.82, 2.24) is 14.1 Å². The van der Waals surface area contributed by atoms with E-state index in [2.05, 4.69) is 10.4 Å². The predicted molar refractivity (Wildman–Crippen MR) is 109 cm³/mol. The number of anilines is 1. The molecule has 0 spiro atoms. The van der Waals surface area contributed by atoms with Crippen LogP contribution in [0.5, 0.6) is 0 Å². The Labute approximate surface area is 166 Å². The van der Waals surface area contributed by atoms with Crippen molar-refractivity contribution >= 4 is 21.7 Å². The normalized spacial score (nSPS) is 16.3. The molecule has 1 aromatic carbocycles. The molecule has 0 unspecified atom stereocenters. The van der Waals surface area contributed by atoms with Crippen molar-refractivity contribution < 1.29 is 13.2 Å². The molecule has 1 saturated heterocycles. The van der Waals surface area contributed by atoms with Crippen LogP contribution in [0.15, 0.2) is 23.2 Å². The molecule has 1 aliphatic rings. The summed E-state index contributed by atoms with van der Waals surface area (Å²) in [6.45, 7) is 8.29. The number of carbonyl (C=O) groups is 1. The molecule has 2 heterocycles. The molecule has 1 N–H and O–H groups in total. The molecule has 0 aliphatic carbocycles. The van der Waals surface area contributed by atoms with Gasteiger partial charge in [-0.15, -0.1) is 0 Å². The predicted octanol–water partition coefficient (Wildman–Crippen LogP) is 2.69. The summed E-state index contributed by atoms with van der Waals surface area (Å²) in [6, 6.07) is 3.76. The van der Waals surface area contributed by atoms with E-state index in [4.69, 9.17) is 0 Å². The Hall–Kier alpha value is -2.19. The Kier molecular flexibility index (Phi) is 5.63. The standard InChI is InChI=1S/C20H28N4O3S/c1-13-12-14(2)16(4)19(15(13)3)28(26,27)24-10-6-17(7-11-24)20(25)21-18-8-9-23(5)22-18/h8-9,12,17H,6-7,10-11H2,1-5H3,(H,21,22,25). The van der Waals surface area contributed by atoms with E-state index < -0.39 is 10.0 Å². The average molecular weight is 405 g/mol. The van der Waals surface area contributed by atoms with Gasteiger partial charge in [-0.2, -0.15) is 9.40 Å². The number of piperidine rings is 1. The highest BCUT2D eigenvalue weighted by Crippen LogP contribution is 2.31. The van der Waals surface area contributed by atoms with Gasteiger partial charge in [-0.05, 0) is 62.8 Å². The minimum atomic E-state index is -3.59. The molecule has 3 rings (SSSR count). The monoisotopic (exact) mass is 404 g/mol. The van der Waals surface area contributed by atoms with E-state index in [1.807, 2.05) is 33.8 Å². The SMILES string of the molecule is Cc1cc(C)c(C)c(S(=O)(=O)N2CCC(C(=O)Nc3ccn(C)n3)CC2)c1C. The maximum absolute atomic E-state index is 13.3. The highest BCUT2D eigenvalue weighted by molar-refractivity contribution is 7.89. The Morgan fingerprint density at radius 2 is 1.68 bits per heavy atom. The Morgan fingerprint density at radius 3 is 2.18 bits per heavy atom. The minimum Gasteiger partial charge on any atom is -0.309 e. The van der Waals surface area contributed by atoms with Crippen LogP contribution >= 0.6 is 0 Å². The Morgan fingerprint density at radius 1 is 1.11 bits per heavy atom. The first-order chi connectivity index (χ1) is 13.1. The first-order valence-corrected chi connectivity index (χ1v) is 10.9. The molecule has 28 heavy (non-hydrogen) atoms. The summed E-state index contributed by atoms with van der Waals surface area (Å²) in [6.07, 6.45) is 2.76. The van der Waals surface area contributed by atoms with Crippen LogP contribution in [0.2, 0.25) is 0 Å². The maximum atomic E-state index is 13.3. The zero-order chi connectivity index (χ0) is 20.6. The number of hydrogen-bond acceptors (Lipinski definition) is 4. The number of rotatable bonds is 4. The number of benzene rings is 1. The lowest BCUT2D eigenvalue weighted by Gasteiger charge is -2.31. The van der Waals surface area contributed by atoms with Crippen LogP contribution in [0, 0.1) is 33.6 Å². The number of aryl methyl sites for hydroxylation is 3. The first-order valence-electron chi connectivity index (χ1n) is 9.49. The van der Waals surface area contributed by atoms with Crippen molar-refractivity contribution in [3.8, 4) is 0 Å². The van der Waals surface area contributed by atoms with Crippen LogP contribution in [0.1, 0.15) is 35.1 Å². The van der Waals surface area contributed by atoms with Gasteiger partial charge in [0.15, 0.2) is 5.82 Å². The molecule has 0 radical (unpaired) electrons. The molecule has 2 aromatic rings. The lowest BCUT2D eigenvalue weighted by molar-refractivity contribution is -0.120. The largest absolute Gasteiger partial charge is 0.309 e. The molecule has 1 aliphatic heterocycles. The fourth-order valence-corrected chi connectivity index (χ4v) is 5.81. The second-order valence-corrected chi connectivity index (χ2v) is 9.51. The van der Waals surface area contributed by atoms with E-state index in [-0.39, 0.29) is 11.8 Å². The van der Waals surface area contributed by atoms with Crippen molar-refractivity contribution in [3.05, 3.63) is 40.6 Å². The van der Waals surface area contributed by atoms with E-state index in [0.29, 0.717) is 36.6 Å². The third-order valence-electron chi connectivity index (χ3n) is 5.68. The number of amides is 1. The van der Waals surface area contributed by atoms with Gasteiger partial charge in [-0.3, -0.25) is 9.48 Å². The molecule has 152 valence electrons. The third kappa shape index (κ3) is 3.84. The highest BCUT2D eigenvalue weighted by atomic mass is 32.2. The molecular weight excluding hydrogens is 376 g/mol. The van der Waals surface area contributed by atoms with Gasteiger partial charge >= 0.3 is 0 Å².